The Morgan fingerprint density at radius 1 is 1.17 bits per heavy atom. The number of carbonyl (C=O) groups is 2. The molecule has 0 bridgehead atoms. The standard InChI is InChI=1S/C19H29NO4/c1-13(2)16-10-9-14(3)17(12-16)24-15(4)19(23)20-11-7-5-6-8-18(21)22/h9-10,12-13,15H,5-8,11H2,1-4H3,(H,20,23)(H,21,22). The quantitative estimate of drug-likeness (QED) is 0.640. The molecule has 24 heavy (non-hydrogen) atoms. The van der Waals surface area contributed by atoms with Crippen molar-refractivity contribution in [1.29, 1.82) is 0 Å². The van der Waals surface area contributed by atoms with Gasteiger partial charge in [-0.15, -0.1) is 0 Å². The predicted octanol–water partition coefficient (Wildman–Crippen LogP) is 3.65. The monoisotopic (exact) mass is 335 g/mol. The molecule has 1 rings (SSSR count). The van der Waals surface area contributed by atoms with Gasteiger partial charge in [-0.25, -0.2) is 0 Å². The first kappa shape index (κ1) is 20.0. The smallest absolute Gasteiger partial charge is 0.303 e. The molecule has 5 heteroatoms. The Kier molecular flexibility index (Phi) is 8.30. The average molecular weight is 335 g/mol. The number of benzene rings is 1. The number of carboxylic acid groups (broad SMARTS) is 1. The number of carbonyl (C=O) groups excluding carboxylic acids is 1. The molecule has 0 aliphatic carbocycles. The largest absolute Gasteiger partial charge is 0.481 e. The van der Waals surface area contributed by atoms with Crippen LogP contribution in [0.25, 0.3) is 0 Å². The second-order valence-electron chi connectivity index (χ2n) is 6.44. The zero-order chi connectivity index (χ0) is 18.1. The normalized spacial score (nSPS) is 12.0. The second kappa shape index (κ2) is 9.96. The molecule has 0 radical (unpaired) electrons. The number of hydrogen-bond acceptors (Lipinski definition) is 3. The van der Waals surface area contributed by atoms with Crippen LogP contribution < -0.4 is 10.1 Å². The van der Waals surface area contributed by atoms with Crippen LogP contribution in [0.15, 0.2) is 18.2 Å². The first-order chi connectivity index (χ1) is 11.3. The topological polar surface area (TPSA) is 75.6 Å². The molecule has 0 saturated carbocycles. The summed E-state index contributed by atoms with van der Waals surface area (Å²) in [5.41, 5.74) is 2.19. The maximum atomic E-state index is 12.1. The Bertz CT molecular complexity index is 554. The van der Waals surface area contributed by atoms with Crippen LogP contribution in [0.5, 0.6) is 5.75 Å². The first-order valence-corrected chi connectivity index (χ1v) is 8.58. The Balaban J connectivity index is 2.41. The van der Waals surface area contributed by atoms with E-state index in [1.165, 1.54) is 5.56 Å². The third-order valence-electron chi connectivity index (χ3n) is 3.92. The van der Waals surface area contributed by atoms with E-state index in [2.05, 4.69) is 25.2 Å². The van der Waals surface area contributed by atoms with Gasteiger partial charge in [-0.3, -0.25) is 9.59 Å². The lowest BCUT2D eigenvalue weighted by atomic mass is 10.0. The summed E-state index contributed by atoms with van der Waals surface area (Å²) < 4.78 is 5.82. The van der Waals surface area contributed by atoms with Crippen molar-refractivity contribution in [3.8, 4) is 5.75 Å². The number of carboxylic acids is 1. The molecule has 1 aromatic rings. The number of unbranched alkanes of at least 4 members (excludes halogenated alkanes) is 2. The molecule has 1 unspecified atom stereocenters. The van der Waals surface area contributed by atoms with Gasteiger partial charge in [0.25, 0.3) is 5.91 Å². The van der Waals surface area contributed by atoms with E-state index in [-0.39, 0.29) is 12.3 Å². The molecule has 0 spiro atoms. The van der Waals surface area contributed by atoms with Gasteiger partial charge in [-0.05, 0) is 49.8 Å². The highest BCUT2D eigenvalue weighted by Crippen LogP contribution is 2.25. The number of aliphatic carboxylic acids is 1. The molecule has 1 atom stereocenters. The van der Waals surface area contributed by atoms with Crippen molar-refractivity contribution in [3.05, 3.63) is 29.3 Å². The minimum absolute atomic E-state index is 0.150. The van der Waals surface area contributed by atoms with Crippen molar-refractivity contribution >= 4 is 11.9 Å². The number of rotatable bonds is 10. The van der Waals surface area contributed by atoms with E-state index in [1.807, 2.05) is 19.1 Å². The highest BCUT2D eigenvalue weighted by molar-refractivity contribution is 5.80. The van der Waals surface area contributed by atoms with Crippen molar-refractivity contribution in [2.24, 2.45) is 0 Å². The Hall–Kier alpha value is -2.04. The molecule has 0 fully saturated rings. The number of nitrogens with one attached hydrogen (secondary N) is 1. The molecule has 0 aliphatic heterocycles. The number of amides is 1. The minimum atomic E-state index is -0.778. The van der Waals surface area contributed by atoms with E-state index in [1.54, 1.807) is 6.92 Å². The third-order valence-corrected chi connectivity index (χ3v) is 3.92. The number of aryl methyl sites for hydroxylation is 1. The molecule has 1 amide bonds. The molecule has 5 nitrogen and oxygen atoms in total. The summed E-state index contributed by atoms with van der Waals surface area (Å²) in [4.78, 5) is 22.5. The number of hydrogen-bond donors (Lipinski definition) is 2. The fourth-order valence-corrected chi connectivity index (χ4v) is 2.28. The summed E-state index contributed by atoms with van der Waals surface area (Å²) in [6.07, 6.45) is 1.81. The van der Waals surface area contributed by atoms with Gasteiger partial charge >= 0.3 is 5.97 Å². The van der Waals surface area contributed by atoms with Gasteiger partial charge in [0.2, 0.25) is 0 Å². The van der Waals surface area contributed by atoms with E-state index in [9.17, 15) is 9.59 Å². The van der Waals surface area contributed by atoms with Crippen LogP contribution >= 0.6 is 0 Å². The zero-order valence-electron chi connectivity index (χ0n) is 15.1. The minimum Gasteiger partial charge on any atom is -0.481 e. The maximum absolute atomic E-state index is 12.1. The van der Waals surface area contributed by atoms with Crippen LogP contribution in [-0.4, -0.2) is 29.6 Å². The van der Waals surface area contributed by atoms with Crippen molar-refractivity contribution in [2.75, 3.05) is 6.54 Å². The van der Waals surface area contributed by atoms with Crippen molar-refractivity contribution in [1.82, 2.24) is 5.32 Å². The lowest BCUT2D eigenvalue weighted by Crippen LogP contribution is -2.37. The van der Waals surface area contributed by atoms with Crippen LogP contribution in [0.2, 0.25) is 0 Å². The maximum Gasteiger partial charge on any atom is 0.303 e. The van der Waals surface area contributed by atoms with Crippen LogP contribution in [0.3, 0.4) is 0 Å². The highest BCUT2D eigenvalue weighted by Gasteiger charge is 2.15. The van der Waals surface area contributed by atoms with E-state index in [4.69, 9.17) is 9.84 Å². The van der Waals surface area contributed by atoms with Crippen LogP contribution in [0.4, 0.5) is 0 Å². The Morgan fingerprint density at radius 2 is 1.88 bits per heavy atom. The fraction of sp³-hybridized carbons (Fsp3) is 0.579. The average Bonchev–Trinajstić information content (AvgIpc) is 2.51. The van der Waals surface area contributed by atoms with E-state index in [0.717, 1.165) is 24.2 Å². The highest BCUT2D eigenvalue weighted by atomic mass is 16.5. The molecular formula is C19H29NO4. The Morgan fingerprint density at radius 3 is 2.50 bits per heavy atom. The molecule has 0 saturated heterocycles. The first-order valence-electron chi connectivity index (χ1n) is 8.58. The molecule has 0 heterocycles. The predicted molar refractivity (Wildman–Crippen MR) is 94.5 cm³/mol. The van der Waals surface area contributed by atoms with Crippen LogP contribution in [0, 0.1) is 6.92 Å². The SMILES string of the molecule is Cc1ccc(C(C)C)cc1OC(C)C(=O)NCCCCCC(=O)O. The molecule has 134 valence electrons. The Labute approximate surface area is 144 Å². The summed E-state index contributed by atoms with van der Waals surface area (Å²) in [5.74, 6) is 0.218. The summed E-state index contributed by atoms with van der Waals surface area (Å²) in [6.45, 7) is 8.48. The summed E-state index contributed by atoms with van der Waals surface area (Å²) in [7, 11) is 0. The van der Waals surface area contributed by atoms with E-state index < -0.39 is 12.1 Å². The van der Waals surface area contributed by atoms with Crippen LogP contribution in [0.1, 0.15) is 63.5 Å². The van der Waals surface area contributed by atoms with Gasteiger partial charge in [0, 0.05) is 13.0 Å². The lowest BCUT2D eigenvalue weighted by Gasteiger charge is -2.18. The summed E-state index contributed by atoms with van der Waals surface area (Å²) in [5, 5.41) is 11.4. The van der Waals surface area contributed by atoms with Gasteiger partial charge in [0.15, 0.2) is 6.10 Å². The van der Waals surface area contributed by atoms with Gasteiger partial charge in [-0.1, -0.05) is 32.4 Å². The van der Waals surface area contributed by atoms with Crippen molar-refractivity contribution < 1.29 is 19.4 Å². The molecule has 2 N–H and O–H groups in total. The van der Waals surface area contributed by atoms with Gasteiger partial charge in [-0.2, -0.15) is 0 Å². The summed E-state index contributed by atoms with van der Waals surface area (Å²) in [6, 6.07) is 6.09. The third kappa shape index (κ3) is 7.02. The molecule has 0 aliphatic rings. The zero-order valence-corrected chi connectivity index (χ0v) is 15.1. The number of ether oxygens (including phenoxy) is 1. The van der Waals surface area contributed by atoms with Crippen molar-refractivity contribution in [2.45, 2.75) is 65.4 Å². The summed E-state index contributed by atoms with van der Waals surface area (Å²) >= 11 is 0. The van der Waals surface area contributed by atoms with Gasteiger partial charge < -0.3 is 15.2 Å². The molecule has 0 aromatic heterocycles. The molecule has 1 aromatic carbocycles. The lowest BCUT2D eigenvalue weighted by molar-refractivity contribution is -0.137. The van der Waals surface area contributed by atoms with Crippen molar-refractivity contribution in [3.63, 3.8) is 0 Å². The van der Waals surface area contributed by atoms with E-state index >= 15 is 0 Å². The molecular weight excluding hydrogens is 306 g/mol. The second-order valence-corrected chi connectivity index (χ2v) is 6.44. The van der Waals surface area contributed by atoms with Gasteiger partial charge in [0.1, 0.15) is 5.75 Å². The van der Waals surface area contributed by atoms with Gasteiger partial charge in [0.05, 0.1) is 0 Å². The fourth-order valence-electron chi connectivity index (χ4n) is 2.28. The van der Waals surface area contributed by atoms with Crippen LogP contribution in [-0.2, 0) is 9.59 Å². The van der Waals surface area contributed by atoms with E-state index in [0.29, 0.717) is 18.9 Å².